The Labute approximate surface area is 96.4 Å². The van der Waals surface area contributed by atoms with Crippen LogP contribution in [0.3, 0.4) is 0 Å². The maximum absolute atomic E-state index is 11.2. The molecule has 4 heteroatoms. The van der Waals surface area contributed by atoms with Crippen LogP contribution in [0, 0.1) is 5.92 Å². The molecule has 0 radical (unpaired) electrons. The average Bonchev–Trinajstić information content (AvgIpc) is 2.56. The second-order valence-electron chi connectivity index (χ2n) is 4.45. The minimum atomic E-state index is -0.127. The van der Waals surface area contributed by atoms with Gasteiger partial charge in [-0.05, 0) is 12.8 Å². The summed E-state index contributed by atoms with van der Waals surface area (Å²) >= 11 is 0. The second kappa shape index (κ2) is 7.39. The second-order valence-corrected chi connectivity index (χ2v) is 4.45. The molecular formula is C12H21NO3. The maximum atomic E-state index is 11.2. The number of rotatable bonds is 8. The lowest BCUT2D eigenvalue weighted by atomic mass is 9.99. The third kappa shape index (κ3) is 4.75. The Bertz CT molecular complexity index is 240. The van der Waals surface area contributed by atoms with Crippen molar-refractivity contribution in [3.05, 3.63) is 0 Å². The largest absolute Gasteiger partial charge is 0.396 e. The minimum absolute atomic E-state index is 0.0788. The Morgan fingerprint density at radius 3 is 2.25 bits per heavy atom. The van der Waals surface area contributed by atoms with E-state index in [1.54, 1.807) is 0 Å². The highest BCUT2D eigenvalue weighted by Gasteiger charge is 2.29. The number of carbonyl (C=O) groups is 2. The number of aliphatic hydroxyl groups excluding tert-OH is 1. The van der Waals surface area contributed by atoms with Crippen molar-refractivity contribution in [3.8, 4) is 0 Å². The molecule has 0 aromatic carbocycles. The minimum Gasteiger partial charge on any atom is -0.396 e. The van der Waals surface area contributed by atoms with Crippen LogP contribution in [-0.4, -0.2) is 23.5 Å². The van der Waals surface area contributed by atoms with Crippen molar-refractivity contribution in [2.75, 3.05) is 6.61 Å². The summed E-state index contributed by atoms with van der Waals surface area (Å²) in [4.78, 5) is 22.1. The fraction of sp³-hybridized carbons (Fsp3) is 0.833. The highest BCUT2D eigenvalue weighted by atomic mass is 16.3. The number of unbranched alkanes of at least 4 members (excludes halogenated alkanes) is 5. The third-order valence-corrected chi connectivity index (χ3v) is 3.03. The number of hydrogen-bond acceptors (Lipinski definition) is 3. The van der Waals surface area contributed by atoms with Gasteiger partial charge in [-0.2, -0.15) is 0 Å². The van der Waals surface area contributed by atoms with Crippen LogP contribution in [0.25, 0.3) is 0 Å². The van der Waals surface area contributed by atoms with E-state index in [-0.39, 0.29) is 24.3 Å². The van der Waals surface area contributed by atoms with Crippen LogP contribution in [-0.2, 0) is 9.59 Å². The summed E-state index contributed by atoms with van der Waals surface area (Å²) in [6, 6.07) is 0. The molecular weight excluding hydrogens is 206 g/mol. The molecule has 0 aromatic rings. The van der Waals surface area contributed by atoms with Gasteiger partial charge in [0.05, 0.1) is 0 Å². The molecule has 4 nitrogen and oxygen atoms in total. The monoisotopic (exact) mass is 227 g/mol. The molecule has 92 valence electrons. The zero-order valence-corrected chi connectivity index (χ0v) is 9.71. The SMILES string of the molecule is O=C1CC(CCCCCCCCO)C(=O)N1. The molecule has 1 saturated heterocycles. The van der Waals surface area contributed by atoms with E-state index in [0.717, 1.165) is 44.9 Å². The topological polar surface area (TPSA) is 66.4 Å². The van der Waals surface area contributed by atoms with E-state index < -0.39 is 0 Å². The van der Waals surface area contributed by atoms with Crippen molar-refractivity contribution >= 4 is 11.8 Å². The zero-order valence-electron chi connectivity index (χ0n) is 9.71. The molecule has 1 aliphatic rings. The van der Waals surface area contributed by atoms with Crippen molar-refractivity contribution in [2.45, 2.75) is 51.4 Å². The van der Waals surface area contributed by atoms with E-state index in [1.165, 1.54) is 0 Å². The van der Waals surface area contributed by atoms with E-state index in [1.807, 2.05) is 0 Å². The number of amides is 2. The van der Waals surface area contributed by atoms with Gasteiger partial charge in [0.2, 0.25) is 11.8 Å². The van der Waals surface area contributed by atoms with Gasteiger partial charge < -0.3 is 5.11 Å². The fourth-order valence-electron chi connectivity index (χ4n) is 2.05. The van der Waals surface area contributed by atoms with Crippen molar-refractivity contribution in [1.29, 1.82) is 0 Å². The van der Waals surface area contributed by atoms with Gasteiger partial charge in [-0.3, -0.25) is 14.9 Å². The fourth-order valence-corrected chi connectivity index (χ4v) is 2.05. The number of hydrogen-bond donors (Lipinski definition) is 2. The number of carbonyl (C=O) groups excluding carboxylic acids is 2. The standard InChI is InChI=1S/C12H21NO3/c14-8-6-4-2-1-3-5-7-10-9-11(15)13-12(10)16/h10,14H,1-9H2,(H,13,15,16). The van der Waals surface area contributed by atoms with Crippen molar-refractivity contribution in [1.82, 2.24) is 5.32 Å². The lowest BCUT2D eigenvalue weighted by Gasteiger charge is -2.05. The molecule has 1 unspecified atom stereocenters. The maximum Gasteiger partial charge on any atom is 0.230 e. The van der Waals surface area contributed by atoms with Crippen LogP contribution < -0.4 is 5.32 Å². The smallest absolute Gasteiger partial charge is 0.230 e. The van der Waals surface area contributed by atoms with Gasteiger partial charge in [-0.25, -0.2) is 0 Å². The van der Waals surface area contributed by atoms with Gasteiger partial charge in [0.25, 0.3) is 0 Å². The molecule has 2 N–H and O–H groups in total. The molecule has 0 aromatic heterocycles. The first-order valence-electron chi connectivity index (χ1n) is 6.18. The number of nitrogens with one attached hydrogen (secondary N) is 1. The Hall–Kier alpha value is -0.900. The van der Waals surface area contributed by atoms with Crippen LogP contribution in [0.1, 0.15) is 51.4 Å². The molecule has 16 heavy (non-hydrogen) atoms. The van der Waals surface area contributed by atoms with Gasteiger partial charge in [-0.1, -0.05) is 32.1 Å². The summed E-state index contributed by atoms with van der Waals surface area (Å²) < 4.78 is 0. The Morgan fingerprint density at radius 2 is 1.69 bits per heavy atom. The highest BCUT2D eigenvalue weighted by Crippen LogP contribution is 2.19. The Balaban J connectivity index is 1.95. The van der Waals surface area contributed by atoms with E-state index >= 15 is 0 Å². The third-order valence-electron chi connectivity index (χ3n) is 3.03. The first-order valence-corrected chi connectivity index (χ1v) is 6.18. The van der Waals surface area contributed by atoms with E-state index in [2.05, 4.69) is 5.32 Å². The van der Waals surface area contributed by atoms with Gasteiger partial charge in [0, 0.05) is 18.9 Å². The molecule has 0 bridgehead atoms. The average molecular weight is 227 g/mol. The summed E-state index contributed by atoms with van der Waals surface area (Å²) in [5.74, 6) is -0.298. The molecule has 1 rings (SSSR count). The van der Waals surface area contributed by atoms with Crippen molar-refractivity contribution < 1.29 is 14.7 Å². The first-order chi connectivity index (χ1) is 7.74. The predicted molar refractivity (Wildman–Crippen MR) is 60.7 cm³/mol. The highest BCUT2D eigenvalue weighted by molar-refractivity contribution is 6.03. The molecule has 1 fully saturated rings. The molecule has 0 saturated carbocycles. The Kier molecular flexibility index (Phi) is 6.08. The van der Waals surface area contributed by atoms with Crippen LogP contribution >= 0.6 is 0 Å². The summed E-state index contributed by atoms with van der Waals surface area (Å²) in [5, 5.41) is 10.9. The zero-order chi connectivity index (χ0) is 11.8. The summed E-state index contributed by atoms with van der Waals surface area (Å²) in [5.41, 5.74) is 0. The summed E-state index contributed by atoms with van der Waals surface area (Å²) in [6.45, 7) is 0.282. The van der Waals surface area contributed by atoms with Crippen LogP contribution in [0.2, 0.25) is 0 Å². The normalized spacial score (nSPS) is 20.2. The van der Waals surface area contributed by atoms with Gasteiger partial charge in [0.15, 0.2) is 0 Å². The van der Waals surface area contributed by atoms with E-state index in [4.69, 9.17) is 5.11 Å². The van der Waals surface area contributed by atoms with Crippen LogP contribution in [0.5, 0.6) is 0 Å². The van der Waals surface area contributed by atoms with Crippen LogP contribution in [0.4, 0.5) is 0 Å². The summed E-state index contributed by atoms with van der Waals surface area (Å²) in [7, 11) is 0. The number of aliphatic hydroxyl groups is 1. The van der Waals surface area contributed by atoms with Crippen molar-refractivity contribution in [3.63, 3.8) is 0 Å². The van der Waals surface area contributed by atoms with E-state index in [9.17, 15) is 9.59 Å². The lowest BCUT2D eigenvalue weighted by Crippen LogP contribution is -2.21. The molecule has 0 aliphatic carbocycles. The van der Waals surface area contributed by atoms with Crippen molar-refractivity contribution in [2.24, 2.45) is 5.92 Å². The van der Waals surface area contributed by atoms with Crippen LogP contribution in [0.15, 0.2) is 0 Å². The molecule has 1 atom stereocenters. The Morgan fingerprint density at radius 1 is 1.06 bits per heavy atom. The van der Waals surface area contributed by atoms with Gasteiger partial charge >= 0.3 is 0 Å². The van der Waals surface area contributed by atoms with E-state index in [0.29, 0.717) is 6.42 Å². The predicted octanol–water partition coefficient (Wildman–Crippen LogP) is 1.37. The van der Waals surface area contributed by atoms with Gasteiger partial charge in [-0.15, -0.1) is 0 Å². The molecule has 2 amide bonds. The summed E-state index contributed by atoms with van der Waals surface area (Å²) in [6.07, 6.45) is 7.62. The quantitative estimate of drug-likeness (QED) is 0.486. The molecule has 0 spiro atoms. The van der Waals surface area contributed by atoms with Gasteiger partial charge in [0.1, 0.15) is 0 Å². The number of imide groups is 1. The lowest BCUT2D eigenvalue weighted by molar-refractivity contribution is -0.125. The first kappa shape index (κ1) is 13.2. The molecule has 1 heterocycles. The molecule has 1 aliphatic heterocycles.